The number of alkyl carbamates (subject to hydrolysis) is 1. The number of fused-ring (bicyclic) bond motifs is 1. The van der Waals surface area contributed by atoms with Crippen LogP contribution in [0.5, 0.6) is 0 Å². The van der Waals surface area contributed by atoms with Gasteiger partial charge in [0.05, 0.1) is 16.9 Å². The van der Waals surface area contributed by atoms with E-state index in [4.69, 9.17) is 9.47 Å². The Bertz CT molecular complexity index is 1500. The number of ether oxygens (including phenoxy) is 2. The number of hydrogen-bond acceptors (Lipinski definition) is 6. The zero-order chi connectivity index (χ0) is 30.7. The Hall–Kier alpha value is -4.25. The van der Waals surface area contributed by atoms with Gasteiger partial charge in [-0.1, -0.05) is 43.3 Å². The van der Waals surface area contributed by atoms with Crippen molar-refractivity contribution in [3.63, 3.8) is 0 Å². The number of benzene rings is 3. The first-order valence-electron chi connectivity index (χ1n) is 14.5. The van der Waals surface area contributed by atoms with E-state index in [-0.39, 0.29) is 6.54 Å². The first kappa shape index (κ1) is 30.7. The fourth-order valence-corrected chi connectivity index (χ4v) is 5.13. The van der Waals surface area contributed by atoms with Gasteiger partial charge in [-0.05, 0) is 88.8 Å². The van der Waals surface area contributed by atoms with E-state index in [9.17, 15) is 14.9 Å². The molecule has 3 aromatic carbocycles. The molecule has 1 fully saturated rings. The summed E-state index contributed by atoms with van der Waals surface area (Å²) in [5.41, 5.74) is 2.27. The van der Waals surface area contributed by atoms with E-state index < -0.39 is 23.4 Å². The Kier molecular flexibility index (Phi) is 9.00. The maximum absolute atomic E-state index is 13.2. The molecule has 8 heteroatoms. The number of rotatable bonds is 5. The zero-order valence-corrected chi connectivity index (χ0v) is 25.8. The maximum atomic E-state index is 13.2. The van der Waals surface area contributed by atoms with Gasteiger partial charge in [-0.15, -0.1) is 0 Å². The lowest BCUT2D eigenvalue weighted by Gasteiger charge is -2.34. The van der Waals surface area contributed by atoms with Crippen LogP contribution in [0.1, 0.15) is 72.4 Å². The molecular formula is C34H42N4O4. The van der Waals surface area contributed by atoms with Gasteiger partial charge in [0.25, 0.3) is 0 Å². The minimum absolute atomic E-state index is 0.0262. The average Bonchev–Trinajstić information content (AvgIpc) is 2.90. The van der Waals surface area contributed by atoms with Gasteiger partial charge >= 0.3 is 12.2 Å². The van der Waals surface area contributed by atoms with Crippen LogP contribution in [0.2, 0.25) is 0 Å². The highest BCUT2D eigenvalue weighted by Crippen LogP contribution is 2.41. The summed E-state index contributed by atoms with van der Waals surface area (Å²) in [4.78, 5) is 28.2. The number of nitrogens with one attached hydrogen (secondary N) is 2. The summed E-state index contributed by atoms with van der Waals surface area (Å²) in [6, 6.07) is 18.6. The summed E-state index contributed by atoms with van der Waals surface area (Å²) in [5.74, 6) is 0.605. The number of carbonyl (C=O) groups is 2. The highest BCUT2D eigenvalue weighted by atomic mass is 16.6. The molecule has 8 nitrogen and oxygen atoms in total. The SMILES string of the molecule is CC1CCN(c2cc(-c3ccc4ccccc4c3)c(NC(=O)OC(C)(C)C)c(CNC(=O)OC(C)(C)C)c2C#N)CC1. The molecule has 1 saturated heterocycles. The number of nitrogens with zero attached hydrogens (tertiary/aromatic N) is 2. The summed E-state index contributed by atoms with van der Waals surface area (Å²) in [6.07, 6.45) is 0.768. The summed E-state index contributed by atoms with van der Waals surface area (Å²) in [6.45, 7) is 14.6. The van der Waals surface area contributed by atoms with Gasteiger partial charge < -0.3 is 19.7 Å². The van der Waals surface area contributed by atoms with Crippen molar-refractivity contribution in [2.45, 2.75) is 79.1 Å². The van der Waals surface area contributed by atoms with Crippen molar-refractivity contribution in [1.29, 1.82) is 5.26 Å². The minimum Gasteiger partial charge on any atom is -0.444 e. The molecule has 0 bridgehead atoms. The molecule has 1 heterocycles. The average molecular weight is 571 g/mol. The predicted molar refractivity (Wildman–Crippen MR) is 168 cm³/mol. The summed E-state index contributed by atoms with van der Waals surface area (Å²) < 4.78 is 11.1. The largest absolute Gasteiger partial charge is 0.444 e. The number of piperidine rings is 1. The van der Waals surface area contributed by atoms with Crippen LogP contribution >= 0.6 is 0 Å². The molecule has 4 rings (SSSR count). The van der Waals surface area contributed by atoms with Crippen LogP contribution in [-0.4, -0.2) is 36.5 Å². The van der Waals surface area contributed by atoms with Crippen LogP contribution in [0.15, 0.2) is 48.5 Å². The van der Waals surface area contributed by atoms with Crippen molar-refractivity contribution in [1.82, 2.24) is 5.32 Å². The van der Waals surface area contributed by atoms with Crippen LogP contribution in [0.3, 0.4) is 0 Å². The summed E-state index contributed by atoms with van der Waals surface area (Å²) in [7, 11) is 0. The first-order chi connectivity index (χ1) is 19.7. The summed E-state index contributed by atoms with van der Waals surface area (Å²) in [5, 5.41) is 18.4. The van der Waals surface area contributed by atoms with Crippen LogP contribution < -0.4 is 15.5 Å². The van der Waals surface area contributed by atoms with Crippen LogP contribution in [0.25, 0.3) is 21.9 Å². The van der Waals surface area contributed by atoms with Gasteiger partial charge in [-0.2, -0.15) is 5.26 Å². The molecule has 2 N–H and O–H groups in total. The highest BCUT2D eigenvalue weighted by molar-refractivity contribution is 5.98. The Balaban J connectivity index is 1.92. The van der Waals surface area contributed by atoms with E-state index in [0.29, 0.717) is 22.7 Å². The van der Waals surface area contributed by atoms with Crippen molar-refractivity contribution in [2.24, 2.45) is 5.92 Å². The molecule has 1 aliphatic rings. The van der Waals surface area contributed by atoms with Crippen molar-refractivity contribution >= 4 is 34.3 Å². The fourth-order valence-electron chi connectivity index (χ4n) is 5.13. The number of hydrogen-bond donors (Lipinski definition) is 2. The topological polar surface area (TPSA) is 104 Å². The van der Waals surface area contributed by atoms with Gasteiger partial charge in [0.2, 0.25) is 0 Å². The Labute approximate surface area is 249 Å². The van der Waals surface area contributed by atoms with Gasteiger partial charge in [-0.25, -0.2) is 9.59 Å². The lowest BCUT2D eigenvalue weighted by Crippen LogP contribution is -2.35. The molecule has 2 amide bonds. The van der Waals surface area contributed by atoms with Crippen LogP contribution in [-0.2, 0) is 16.0 Å². The molecule has 42 heavy (non-hydrogen) atoms. The van der Waals surface area contributed by atoms with E-state index in [1.807, 2.05) is 42.5 Å². The predicted octanol–water partition coefficient (Wildman–Crippen LogP) is 7.99. The van der Waals surface area contributed by atoms with Gasteiger partial charge in [0, 0.05) is 30.8 Å². The fraction of sp³-hybridized carbons (Fsp3) is 0.441. The van der Waals surface area contributed by atoms with Crippen LogP contribution in [0.4, 0.5) is 21.0 Å². The molecule has 0 aliphatic carbocycles. The molecule has 1 aliphatic heterocycles. The van der Waals surface area contributed by atoms with Gasteiger partial charge in [-0.3, -0.25) is 5.32 Å². The maximum Gasteiger partial charge on any atom is 0.412 e. The lowest BCUT2D eigenvalue weighted by atomic mass is 9.91. The van der Waals surface area contributed by atoms with Crippen molar-refractivity contribution in [3.05, 3.63) is 59.7 Å². The van der Waals surface area contributed by atoms with E-state index in [0.717, 1.165) is 53.5 Å². The molecule has 0 aromatic heterocycles. The third-order valence-corrected chi connectivity index (χ3v) is 7.14. The number of nitriles is 1. The standard InChI is InChI=1S/C34H42N4O4/c1-22-14-16-38(17-15-22)29-19-26(25-13-12-23-10-8-9-11-24(23)18-25)30(37-32(40)42-34(5,6)7)28(27(29)20-35)21-36-31(39)41-33(2,3)4/h8-13,18-19,22H,14-17,21H2,1-7H3,(H,36,39)(H,37,40). The number of amides is 2. The Morgan fingerprint density at radius 3 is 2.17 bits per heavy atom. The molecule has 222 valence electrons. The van der Waals surface area contributed by atoms with Crippen molar-refractivity contribution < 1.29 is 19.1 Å². The van der Waals surface area contributed by atoms with Crippen molar-refractivity contribution in [2.75, 3.05) is 23.3 Å². The molecular weight excluding hydrogens is 528 g/mol. The smallest absolute Gasteiger partial charge is 0.412 e. The molecule has 0 atom stereocenters. The van der Waals surface area contributed by atoms with E-state index in [1.165, 1.54) is 0 Å². The second-order valence-electron chi connectivity index (χ2n) is 13.0. The number of anilines is 2. The van der Waals surface area contributed by atoms with Gasteiger partial charge in [0.15, 0.2) is 0 Å². The normalized spacial score (nSPS) is 14.3. The van der Waals surface area contributed by atoms with E-state index in [1.54, 1.807) is 41.5 Å². The van der Waals surface area contributed by atoms with Gasteiger partial charge in [0.1, 0.15) is 17.3 Å². The second kappa shape index (κ2) is 12.3. The third kappa shape index (κ3) is 7.73. The molecule has 0 saturated carbocycles. The molecule has 0 radical (unpaired) electrons. The van der Waals surface area contributed by atoms with Crippen molar-refractivity contribution in [3.8, 4) is 17.2 Å². The third-order valence-electron chi connectivity index (χ3n) is 7.14. The zero-order valence-electron chi connectivity index (χ0n) is 25.8. The Morgan fingerprint density at radius 2 is 1.55 bits per heavy atom. The lowest BCUT2D eigenvalue weighted by molar-refractivity contribution is 0.0523. The van der Waals surface area contributed by atoms with Crippen LogP contribution in [0, 0.1) is 17.2 Å². The molecule has 3 aromatic rings. The first-order valence-corrected chi connectivity index (χ1v) is 14.5. The number of carbonyl (C=O) groups excluding carboxylic acids is 2. The molecule has 0 unspecified atom stereocenters. The summed E-state index contributed by atoms with van der Waals surface area (Å²) >= 11 is 0. The Morgan fingerprint density at radius 1 is 0.929 bits per heavy atom. The highest BCUT2D eigenvalue weighted by Gasteiger charge is 2.28. The monoisotopic (exact) mass is 570 g/mol. The minimum atomic E-state index is -0.732. The quantitative estimate of drug-likeness (QED) is 0.322. The van der Waals surface area contributed by atoms with E-state index in [2.05, 4.69) is 34.6 Å². The molecule has 0 spiro atoms. The van der Waals surface area contributed by atoms with E-state index >= 15 is 0 Å². The second-order valence-corrected chi connectivity index (χ2v) is 13.0.